The molecule has 0 spiro atoms. The lowest BCUT2D eigenvalue weighted by molar-refractivity contribution is -0.139. The van der Waals surface area contributed by atoms with Crippen molar-refractivity contribution in [1.82, 2.24) is 10.2 Å². The lowest BCUT2D eigenvalue weighted by Gasteiger charge is -2.40. The monoisotopic (exact) mass is 278 g/mol. The van der Waals surface area contributed by atoms with E-state index in [1.165, 1.54) is 38.5 Å². The Hall–Kier alpha value is -0.570. The fourth-order valence-electron chi connectivity index (χ4n) is 4.62. The van der Waals surface area contributed by atoms with Crippen LogP contribution in [0, 0.1) is 11.8 Å². The van der Waals surface area contributed by atoms with Gasteiger partial charge >= 0.3 is 0 Å². The van der Waals surface area contributed by atoms with E-state index in [9.17, 15) is 4.79 Å². The second kappa shape index (κ2) is 6.05. The molecule has 114 valence electrons. The van der Waals surface area contributed by atoms with Gasteiger partial charge in [-0.1, -0.05) is 6.92 Å². The number of amides is 1. The van der Waals surface area contributed by atoms with Crippen LogP contribution in [0.15, 0.2) is 0 Å². The maximum absolute atomic E-state index is 12.9. The van der Waals surface area contributed by atoms with Gasteiger partial charge in [0.15, 0.2) is 0 Å². The predicted molar refractivity (Wildman–Crippen MR) is 81.5 cm³/mol. The van der Waals surface area contributed by atoms with Crippen molar-refractivity contribution in [3.8, 4) is 0 Å². The summed E-state index contributed by atoms with van der Waals surface area (Å²) in [5.41, 5.74) is 0. The normalized spacial score (nSPS) is 40.6. The fraction of sp³-hybridized carbons (Fsp3) is 0.941. The first-order valence-corrected chi connectivity index (χ1v) is 8.74. The number of hydrogen-bond acceptors (Lipinski definition) is 2. The van der Waals surface area contributed by atoms with E-state index < -0.39 is 0 Å². The minimum Gasteiger partial charge on any atom is -0.340 e. The molecule has 2 unspecified atom stereocenters. The molecule has 3 rings (SSSR count). The molecule has 2 atom stereocenters. The Morgan fingerprint density at radius 1 is 1.05 bits per heavy atom. The van der Waals surface area contributed by atoms with E-state index in [-0.39, 0.29) is 0 Å². The van der Waals surface area contributed by atoms with E-state index in [2.05, 4.69) is 24.1 Å². The van der Waals surface area contributed by atoms with Crippen LogP contribution in [-0.2, 0) is 4.79 Å². The van der Waals surface area contributed by atoms with Crippen LogP contribution in [0.3, 0.4) is 0 Å². The molecule has 0 aromatic rings. The number of piperidine rings is 1. The molecule has 2 heterocycles. The highest BCUT2D eigenvalue weighted by Crippen LogP contribution is 2.33. The zero-order valence-electron chi connectivity index (χ0n) is 13.1. The van der Waals surface area contributed by atoms with Crippen molar-refractivity contribution in [3.05, 3.63) is 0 Å². The highest BCUT2D eigenvalue weighted by atomic mass is 16.2. The average Bonchev–Trinajstić information content (AvgIpc) is 2.79. The van der Waals surface area contributed by atoms with E-state index in [1.54, 1.807) is 0 Å². The molecule has 3 nitrogen and oxygen atoms in total. The summed E-state index contributed by atoms with van der Waals surface area (Å²) in [5, 5.41) is 3.69. The van der Waals surface area contributed by atoms with Crippen molar-refractivity contribution >= 4 is 5.91 Å². The Kier molecular flexibility index (Phi) is 4.34. The lowest BCUT2D eigenvalue weighted by atomic mass is 9.82. The molecule has 20 heavy (non-hydrogen) atoms. The van der Waals surface area contributed by atoms with Crippen molar-refractivity contribution < 1.29 is 4.79 Å². The number of nitrogens with zero attached hydrogens (tertiary/aromatic N) is 1. The van der Waals surface area contributed by atoms with Crippen LogP contribution in [0.5, 0.6) is 0 Å². The molecule has 1 aliphatic carbocycles. The van der Waals surface area contributed by atoms with Gasteiger partial charge in [-0.3, -0.25) is 4.79 Å². The van der Waals surface area contributed by atoms with Gasteiger partial charge < -0.3 is 10.2 Å². The van der Waals surface area contributed by atoms with Crippen LogP contribution in [0.4, 0.5) is 0 Å². The number of hydrogen-bond donors (Lipinski definition) is 1. The van der Waals surface area contributed by atoms with Crippen LogP contribution in [0.25, 0.3) is 0 Å². The third-order valence-electron chi connectivity index (χ3n) is 5.88. The maximum Gasteiger partial charge on any atom is 0.225 e. The Morgan fingerprint density at radius 3 is 2.20 bits per heavy atom. The van der Waals surface area contributed by atoms with E-state index in [0.29, 0.717) is 30.0 Å². The topological polar surface area (TPSA) is 32.3 Å². The number of fused-ring (bicyclic) bond motifs is 2. The Morgan fingerprint density at radius 2 is 1.65 bits per heavy atom. The molecule has 2 bridgehead atoms. The summed E-state index contributed by atoms with van der Waals surface area (Å²) in [6, 6.07) is 1.85. The van der Waals surface area contributed by atoms with Gasteiger partial charge in [-0.15, -0.1) is 0 Å². The summed E-state index contributed by atoms with van der Waals surface area (Å²) in [6.07, 6.45) is 9.71. The molecule has 0 aromatic carbocycles. The zero-order chi connectivity index (χ0) is 14.1. The van der Waals surface area contributed by atoms with E-state index in [1.807, 2.05) is 0 Å². The minimum atomic E-state index is 0.318. The Bertz CT molecular complexity index is 337. The van der Waals surface area contributed by atoms with Crippen molar-refractivity contribution in [2.75, 3.05) is 6.54 Å². The smallest absolute Gasteiger partial charge is 0.225 e. The molecule has 0 radical (unpaired) electrons. The van der Waals surface area contributed by atoms with Gasteiger partial charge in [-0.25, -0.2) is 0 Å². The molecule has 2 saturated heterocycles. The quantitative estimate of drug-likeness (QED) is 0.861. The lowest BCUT2D eigenvalue weighted by Crippen LogP contribution is -2.51. The SMILES string of the molecule is CCN(C(=O)C1CCC(C)CC1)C1CC2CCC(C1)N2. The van der Waals surface area contributed by atoms with Crippen LogP contribution < -0.4 is 5.32 Å². The molecule has 1 saturated carbocycles. The average molecular weight is 278 g/mol. The van der Waals surface area contributed by atoms with E-state index in [0.717, 1.165) is 25.3 Å². The molecule has 3 fully saturated rings. The van der Waals surface area contributed by atoms with Gasteiger partial charge in [0, 0.05) is 30.6 Å². The van der Waals surface area contributed by atoms with Gasteiger partial charge in [0.2, 0.25) is 5.91 Å². The van der Waals surface area contributed by atoms with Crippen LogP contribution in [-0.4, -0.2) is 35.5 Å². The first-order valence-electron chi connectivity index (χ1n) is 8.74. The van der Waals surface area contributed by atoms with Gasteiger partial charge in [-0.2, -0.15) is 0 Å². The Labute approximate surface area is 123 Å². The van der Waals surface area contributed by atoms with Crippen molar-refractivity contribution in [2.45, 2.75) is 83.3 Å². The first-order chi connectivity index (χ1) is 9.67. The fourth-order valence-corrected chi connectivity index (χ4v) is 4.62. The highest BCUT2D eigenvalue weighted by Gasteiger charge is 2.38. The number of nitrogens with one attached hydrogen (secondary N) is 1. The molecule has 0 aromatic heterocycles. The largest absolute Gasteiger partial charge is 0.340 e. The van der Waals surface area contributed by atoms with Crippen molar-refractivity contribution in [3.63, 3.8) is 0 Å². The molecule has 3 heteroatoms. The summed E-state index contributed by atoms with van der Waals surface area (Å²) >= 11 is 0. The third kappa shape index (κ3) is 2.88. The zero-order valence-corrected chi connectivity index (χ0v) is 13.1. The third-order valence-corrected chi connectivity index (χ3v) is 5.88. The number of carbonyl (C=O) groups excluding carboxylic acids is 1. The minimum absolute atomic E-state index is 0.318. The molecular weight excluding hydrogens is 248 g/mol. The predicted octanol–water partition coefficient (Wildman–Crippen LogP) is 2.94. The van der Waals surface area contributed by atoms with Crippen molar-refractivity contribution in [2.24, 2.45) is 11.8 Å². The van der Waals surface area contributed by atoms with Gasteiger partial charge in [-0.05, 0) is 64.2 Å². The Balaban J connectivity index is 1.62. The van der Waals surface area contributed by atoms with Crippen LogP contribution in [0.2, 0.25) is 0 Å². The maximum atomic E-state index is 12.9. The highest BCUT2D eigenvalue weighted by molar-refractivity contribution is 5.79. The number of rotatable bonds is 3. The van der Waals surface area contributed by atoms with E-state index >= 15 is 0 Å². The van der Waals surface area contributed by atoms with Gasteiger partial charge in [0.25, 0.3) is 0 Å². The summed E-state index contributed by atoms with van der Waals surface area (Å²) in [6.45, 7) is 5.38. The summed E-state index contributed by atoms with van der Waals surface area (Å²) < 4.78 is 0. The molecular formula is C17H30N2O. The summed E-state index contributed by atoms with van der Waals surface area (Å²) in [7, 11) is 0. The summed E-state index contributed by atoms with van der Waals surface area (Å²) in [4.78, 5) is 15.1. The molecule has 1 N–H and O–H groups in total. The molecule has 1 amide bonds. The van der Waals surface area contributed by atoms with Gasteiger partial charge in [0.1, 0.15) is 0 Å². The van der Waals surface area contributed by atoms with Crippen LogP contribution in [0.1, 0.15) is 65.2 Å². The molecule has 2 aliphatic heterocycles. The standard InChI is InChI=1S/C17H30N2O/c1-3-19(16-10-14-8-9-15(11-16)18-14)17(20)13-6-4-12(2)5-7-13/h12-16,18H,3-11H2,1-2H3. The van der Waals surface area contributed by atoms with Crippen LogP contribution >= 0.6 is 0 Å². The van der Waals surface area contributed by atoms with Gasteiger partial charge in [0.05, 0.1) is 0 Å². The first kappa shape index (κ1) is 14.4. The second-order valence-corrected chi connectivity index (χ2v) is 7.34. The van der Waals surface area contributed by atoms with E-state index in [4.69, 9.17) is 0 Å². The van der Waals surface area contributed by atoms with Crippen molar-refractivity contribution in [1.29, 1.82) is 0 Å². The summed E-state index contributed by atoms with van der Waals surface area (Å²) in [5.74, 6) is 1.60. The molecule has 3 aliphatic rings. The second-order valence-electron chi connectivity index (χ2n) is 7.34. The number of carbonyl (C=O) groups is 1.